The molecule has 0 amide bonds. The number of carbonyl (C=O) groups excluding carboxylic acids is 1. The Morgan fingerprint density at radius 2 is 1.23 bits per heavy atom. The van der Waals surface area contributed by atoms with Crippen LogP contribution in [0.4, 0.5) is 0 Å². The predicted octanol–water partition coefficient (Wildman–Crippen LogP) is 2.46. The molecule has 0 saturated carbocycles. The smallest absolute Gasteiger partial charge is 0.308 e. The molecule has 260 valence electrons. The van der Waals surface area contributed by atoms with Gasteiger partial charge in [-0.2, -0.15) is 0 Å². The fourth-order valence-corrected chi connectivity index (χ4v) is 5.60. The average Bonchev–Trinajstić information content (AvgIpc) is 2.99. The van der Waals surface area contributed by atoms with Crippen LogP contribution in [0.15, 0.2) is 0 Å². The molecule has 0 bridgehead atoms. The molecule has 0 spiro atoms. The fourth-order valence-electron chi connectivity index (χ4n) is 5.60. The molecule has 2 heterocycles. The Balaban J connectivity index is 2.02. The van der Waals surface area contributed by atoms with Gasteiger partial charge >= 0.3 is 5.97 Å². The highest BCUT2D eigenvalue weighted by Crippen LogP contribution is 2.31. The topological polar surface area (TPSA) is 185 Å². The van der Waals surface area contributed by atoms with E-state index in [4.69, 9.17) is 23.7 Å². The van der Waals surface area contributed by atoms with Crippen LogP contribution in [-0.4, -0.2) is 117 Å². The quantitative estimate of drug-likeness (QED) is 0.0800. The van der Waals surface area contributed by atoms with Crippen LogP contribution in [0.25, 0.3) is 0 Å². The molecule has 0 aromatic carbocycles. The molecule has 2 saturated heterocycles. The zero-order valence-corrected chi connectivity index (χ0v) is 27.2. The number of rotatable bonds is 21. The number of aliphatic hydroxyl groups excluding tert-OH is 6. The van der Waals surface area contributed by atoms with Crippen LogP contribution in [-0.2, 0) is 28.5 Å². The molecular formula is C32H60O12. The number of aliphatic hydroxyl groups is 6. The third kappa shape index (κ3) is 13.1. The van der Waals surface area contributed by atoms with Crippen molar-refractivity contribution in [3.8, 4) is 0 Å². The van der Waals surface area contributed by atoms with Gasteiger partial charge in [-0.1, -0.05) is 78.1 Å². The fraction of sp³-hybridized carbons (Fsp3) is 0.969. The van der Waals surface area contributed by atoms with Crippen molar-refractivity contribution in [2.75, 3.05) is 6.61 Å². The predicted molar refractivity (Wildman–Crippen MR) is 161 cm³/mol. The number of hydrogen-bond donors (Lipinski definition) is 6. The van der Waals surface area contributed by atoms with Gasteiger partial charge in [0.05, 0.1) is 37.4 Å². The Labute approximate surface area is 263 Å². The lowest BCUT2D eigenvalue weighted by atomic mass is 9.97. The van der Waals surface area contributed by atoms with Crippen molar-refractivity contribution in [1.29, 1.82) is 0 Å². The summed E-state index contributed by atoms with van der Waals surface area (Å²) in [6.07, 6.45) is -2.43. The molecule has 6 N–H and O–H groups in total. The first-order valence-corrected chi connectivity index (χ1v) is 16.9. The molecule has 2 aliphatic heterocycles. The number of unbranched alkanes of at least 4 members (excludes halogenated alkanes) is 8. The van der Waals surface area contributed by atoms with Crippen LogP contribution in [0.1, 0.15) is 118 Å². The summed E-state index contributed by atoms with van der Waals surface area (Å²) in [7, 11) is 0. The maximum atomic E-state index is 12.8. The SMILES string of the molecule is CCCCCCCC(O)CCOC(=O)CC(CCCCCCC)O[C@@H]1O[C@@H](C)[C@H](O)[C@@H](O)[C@H]1O[C@@H]1O[C@@H](C)[C@H](O)[C@@H](O)[C@H]1O. The minimum Gasteiger partial charge on any atom is -0.465 e. The van der Waals surface area contributed by atoms with Gasteiger partial charge in [0.25, 0.3) is 0 Å². The van der Waals surface area contributed by atoms with E-state index in [0.717, 1.165) is 57.8 Å². The third-order valence-electron chi connectivity index (χ3n) is 8.59. The first kappa shape index (κ1) is 39.2. The molecule has 0 aliphatic carbocycles. The van der Waals surface area contributed by atoms with E-state index in [1.165, 1.54) is 13.3 Å². The Hall–Kier alpha value is -0.930. The van der Waals surface area contributed by atoms with E-state index >= 15 is 0 Å². The normalized spacial score (nSPS) is 34.0. The zero-order chi connectivity index (χ0) is 32.6. The van der Waals surface area contributed by atoms with Gasteiger partial charge in [-0.25, -0.2) is 0 Å². The molecule has 12 heteroatoms. The van der Waals surface area contributed by atoms with Crippen LogP contribution < -0.4 is 0 Å². The number of esters is 1. The first-order valence-electron chi connectivity index (χ1n) is 16.9. The Morgan fingerprint density at radius 3 is 1.84 bits per heavy atom. The summed E-state index contributed by atoms with van der Waals surface area (Å²) in [5, 5.41) is 62.4. The molecule has 2 unspecified atom stereocenters. The lowest BCUT2D eigenvalue weighted by molar-refractivity contribution is -0.366. The maximum absolute atomic E-state index is 12.8. The lowest BCUT2D eigenvalue weighted by Crippen LogP contribution is -2.63. The summed E-state index contributed by atoms with van der Waals surface area (Å²) in [6, 6.07) is 0. The van der Waals surface area contributed by atoms with Gasteiger partial charge in [-0.05, 0) is 26.7 Å². The van der Waals surface area contributed by atoms with Crippen molar-refractivity contribution in [2.24, 2.45) is 0 Å². The van der Waals surface area contributed by atoms with E-state index in [9.17, 15) is 35.4 Å². The van der Waals surface area contributed by atoms with E-state index in [-0.39, 0.29) is 13.0 Å². The first-order chi connectivity index (χ1) is 21.0. The second-order valence-electron chi connectivity index (χ2n) is 12.5. The van der Waals surface area contributed by atoms with E-state index in [0.29, 0.717) is 19.3 Å². The minimum atomic E-state index is -1.64. The summed E-state index contributed by atoms with van der Waals surface area (Å²) >= 11 is 0. The van der Waals surface area contributed by atoms with Crippen molar-refractivity contribution in [3.05, 3.63) is 0 Å². The molecular weight excluding hydrogens is 576 g/mol. The van der Waals surface area contributed by atoms with Gasteiger partial charge in [0, 0.05) is 6.42 Å². The largest absolute Gasteiger partial charge is 0.465 e. The summed E-state index contributed by atoms with van der Waals surface area (Å²) in [4.78, 5) is 12.8. The second kappa shape index (κ2) is 21.0. The van der Waals surface area contributed by atoms with Gasteiger partial charge in [0.2, 0.25) is 0 Å². The number of hydrogen-bond acceptors (Lipinski definition) is 12. The molecule has 44 heavy (non-hydrogen) atoms. The summed E-state index contributed by atoms with van der Waals surface area (Å²) in [5.41, 5.74) is 0. The molecule has 2 rings (SSSR count). The highest BCUT2D eigenvalue weighted by molar-refractivity contribution is 5.69. The molecule has 12 nitrogen and oxygen atoms in total. The Morgan fingerprint density at radius 1 is 0.682 bits per heavy atom. The van der Waals surface area contributed by atoms with Crippen molar-refractivity contribution < 1.29 is 59.1 Å². The average molecular weight is 637 g/mol. The standard InChI is InChI=1S/C32H60O12/c1-5-7-9-11-13-15-22(33)17-18-40-24(34)19-23(16-14-12-10-8-6-2)43-32-30(28(38)26(36)21(4)42-32)44-31-29(39)27(37)25(35)20(3)41-31/h20-23,25-33,35-39H,5-19H2,1-4H3/t20-,21-,22?,23?,25-,26-,27+,28+,29+,30+,31-,32-/m0/s1. The molecule has 0 aromatic rings. The molecule has 12 atom stereocenters. The highest BCUT2D eigenvalue weighted by Gasteiger charge is 2.50. The van der Waals surface area contributed by atoms with Gasteiger partial charge < -0.3 is 54.3 Å². The van der Waals surface area contributed by atoms with Gasteiger partial charge in [-0.15, -0.1) is 0 Å². The van der Waals surface area contributed by atoms with E-state index in [1.54, 1.807) is 6.92 Å². The van der Waals surface area contributed by atoms with Crippen molar-refractivity contribution in [2.45, 2.75) is 191 Å². The molecule has 2 aliphatic rings. The van der Waals surface area contributed by atoms with Crippen molar-refractivity contribution >= 4 is 5.97 Å². The lowest BCUT2D eigenvalue weighted by Gasteiger charge is -2.46. The Kier molecular flexibility index (Phi) is 18.8. The van der Waals surface area contributed by atoms with E-state index < -0.39 is 79.6 Å². The van der Waals surface area contributed by atoms with Gasteiger partial charge in [0.1, 0.15) is 36.6 Å². The monoisotopic (exact) mass is 636 g/mol. The zero-order valence-electron chi connectivity index (χ0n) is 27.2. The van der Waals surface area contributed by atoms with Crippen LogP contribution in [0, 0.1) is 0 Å². The third-order valence-corrected chi connectivity index (χ3v) is 8.59. The van der Waals surface area contributed by atoms with Crippen molar-refractivity contribution in [3.63, 3.8) is 0 Å². The Bertz CT molecular complexity index is 772. The van der Waals surface area contributed by atoms with Crippen LogP contribution in [0.3, 0.4) is 0 Å². The van der Waals surface area contributed by atoms with Crippen LogP contribution in [0.5, 0.6) is 0 Å². The molecule has 2 fully saturated rings. The van der Waals surface area contributed by atoms with E-state index in [1.807, 2.05) is 0 Å². The van der Waals surface area contributed by atoms with Gasteiger partial charge in [-0.3, -0.25) is 4.79 Å². The van der Waals surface area contributed by atoms with Crippen LogP contribution in [0.2, 0.25) is 0 Å². The minimum absolute atomic E-state index is 0.0923. The molecule has 0 aromatic heterocycles. The highest BCUT2D eigenvalue weighted by atomic mass is 16.8. The number of carbonyl (C=O) groups is 1. The summed E-state index contributed by atoms with van der Waals surface area (Å²) in [5.74, 6) is -0.488. The second-order valence-corrected chi connectivity index (χ2v) is 12.5. The summed E-state index contributed by atoms with van der Waals surface area (Å²) < 4.78 is 28.9. The maximum Gasteiger partial charge on any atom is 0.308 e. The van der Waals surface area contributed by atoms with Crippen LogP contribution >= 0.6 is 0 Å². The van der Waals surface area contributed by atoms with E-state index in [2.05, 4.69) is 13.8 Å². The van der Waals surface area contributed by atoms with Gasteiger partial charge in [0.15, 0.2) is 12.6 Å². The summed E-state index contributed by atoms with van der Waals surface area (Å²) in [6.45, 7) is 7.44. The molecule has 0 radical (unpaired) electrons. The number of ether oxygens (including phenoxy) is 5. The van der Waals surface area contributed by atoms with Crippen molar-refractivity contribution in [1.82, 2.24) is 0 Å².